The third-order valence-electron chi connectivity index (χ3n) is 4.88. The summed E-state index contributed by atoms with van der Waals surface area (Å²) in [6.45, 7) is 6.87. The monoisotopic (exact) mass is 361 g/mol. The van der Waals surface area contributed by atoms with Crippen LogP contribution in [0.3, 0.4) is 0 Å². The van der Waals surface area contributed by atoms with Gasteiger partial charge < -0.3 is 19.7 Å². The molecule has 2 fully saturated rings. The van der Waals surface area contributed by atoms with Crippen LogP contribution in [-0.4, -0.2) is 73.7 Å². The van der Waals surface area contributed by atoms with Crippen LogP contribution in [0.1, 0.15) is 18.9 Å². The van der Waals surface area contributed by atoms with E-state index in [0.717, 1.165) is 18.7 Å². The minimum Gasteiger partial charge on any atom is -0.484 e. The van der Waals surface area contributed by atoms with Crippen molar-refractivity contribution in [3.63, 3.8) is 0 Å². The highest BCUT2D eigenvalue weighted by Crippen LogP contribution is 2.16. The Kier molecular flexibility index (Phi) is 6.46. The molecule has 2 amide bonds. The largest absolute Gasteiger partial charge is 0.484 e. The van der Waals surface area contributed by atoms with Gasteiger partial charge >= 0.3 is 0 Å². The number of carbonyl (C=O) groups excluding carboxylic acids is 2. The summed E-state index contributed by atoms with van der Waals surface area (Å²) in [5.41, 5.74) is 1.16. The number of hydrogen-bond donors (Lipinski definition) is 1. The van der Waals surface area contributed by atoms with Gasteiger partial charge in [-0.3, -0.25) is 14.5 Å². The highest BCUT2D eigenvalue weighted by Gasteiger charge is 2.20. The highest BCUT2D eigenvalue weighted by molar-refractivity contribution is 5.78. The van der Waals surface area contributed by atoms with Crippen LogP contribution < -0.4 is 10.1 Å². The summed E-state index contributed by atoms with van der Waals surface area (Å²) in [6, 6.07) is 8.13. The lowest BCUT2D eigenvalue weighted by Crippen LogP contribution is -2.42. The van der Waals surface area contributed by atoms with Crippen molar-refractivity contribution in [2.45, 2.75) is 25.9 Å². The molecule has 7 nitrogen and oxygen atoms in total. The van der Waals surface area contributed by atoms with Crippen LogP contribution in [0.15, 0.2) is 24.3 Å². The van der Waals surface area contributed by atoms with E-state index in [4.69, 9.17) is 9.47 Å². The molecule has 0 spiro atoms. The molecule has 0 aromatic heterocycles. The Bertz CT molecular complexity index is 614. The van der Waals surface area contributed by atoms with Crippen LogP contribution in [0, 0.1) is 0 Å². The minimum atomic E-state index is -0.00654. The van der Waals surface area contributed by atoms with Crippen LogP contribution in [0.5, 0.6) is 5.75 Å². The molecule has 26 heavy (non-hydrogen) atoms. The van der Waals surface area contributed by atoms with Crippen molar-refractivity contribution in [2.75, 3.05) is 46.0 Å². The minimum absolute atomic E-state index is 0.00654. The lowest BCUT2D eigenvalue weighted by molar-refractivity contribution is -0.137. The fourth-order valence-electron chi connectivity index (χ4n) is 3.15. The molecule has 0 aliphatic carbocycles. The maximum Gasteiger partial charge on any atom is 0.260 e. The zero-order valence-electron chi connectivity index (χ0n) is 15.3. The highest BCUT2D eigenvalue weighted by atomic mass is 16.5. The van der Waals surface area contributed by atoms with Crippen LogP contribution >= 0.6 is 0 Å². The van der Waals surface area contributed by atoms with E-state index in [1.807, 2.05) is 24.3 Å². The van der Waals surface area contributed by atoms with Gasteiger partial charge in [-0.1, -0.05) is 12.1 Å². The molecule has 7 heteroatoms. The molecule has 2 heterocycles. The molecular weight excluding hydrogens is 334 g/mol. The normalized spacial score (nSPS) is 21.8. The number of benzene rings is 1. The first-order valence-corrected chi connectivity index (χ1v) is 9.20. The summed E-state index contributed by atoms with van der Waals surface area (Å²) in [5, 5.41) is 2.93. The zero-order chi connectivity index (χ0) is 18.4. The van der Waals surface area contributed by atoms with Crippen LogP contribution in [0.25, 0.3) is 0 Å². The van der Waals surface area contributed by atoms with Gasteiger partial charge in [0.05, 0.1) is 13.2 Å². The van der Waals surface area contributed by atoms with Gasteiger partial charge in [-0.2, -0.15) is 0 Å². The van der Waals surface area contributed by atoms with E-state index in [1.165, 1.54) is 0 Å². The molecule has 142 valence electrons. The van der Waals surface area contributed by atoms with E-state index in [0.29, 0.717) is 51.1 Å². The topological polar surface area (TPSA) is 71.1 Å². The second-order valence-corrected chi connectivity index (χ2v) is 6.80. The molecule has 3 rings (SSSR count). The Morgan fingerprint density at radius 2 is 1.96 bits per heavy atom. The maximum absolute atomic E-state index is 12.1. The lowest BCUT2D eigenvalue weighted by Gasteiger charge is -2.27. The number of ether oxygens (including phenoxy) is 2. The van der Waals surface area contributed by atoms with Gasteiger partial charge in [0.25, 0.3) is 5.91 Å². The van der Waals surface area contributed by atoms with Gasteiger partial charge in [-0.15, -0.1) is 0 Å². The second-order valence-electron chi connectivity index (χ2n) is 6.80. The molecule has 0 radical (unpaired) electrons. The van der Waals surface area contributed by atoms with Crippen molar-refractivity contribution in [3.8, 4) is 5.75 Å². The molecule has 1 N–H and O–H groups in total. The molecule has 2 aliphatic rings. The summed E-state index contributed by atoms with van der Waals surface area (Å²) in [7, 11) is 0. The Balaban J connectivity index is 1.48. The molecule has 1 atom stereocenters. The van der Waals surface area contributed by atoms with Gasteiger partial charge in [-0.25, -0.2) is 0 Å². The van der Waals surface area contributed by atoms with E-state index in [2.05, 4.69) is 17.1 Å². The number of amides is 2. The number of nitrogens with zero attached hydrogens (tertiary/aromatic N) is 2. The van der Waals surface area contributed by atoms with Crippen LogP contribution in [0.4, 0.5) is 0 Å². The molecule has 0 saturated carbocycles. The summed E-state index contributed by atoms with van der Waals surface area (Å²) in [5.74, 6) is 0.803. The average Bonchev–Trinajstić information content (AvgIpc) is 2.83. The summed E-state index contributed by atoms with van der Waals surface area (Å²) in [4.78, 5) is 27.7. The second kappa shape index (κ2) is 9.00. The smallest absolute Gasteiger partial charge is 0.260 e. The molecule has 2 aliphatic heterocycles. The maximum atomic E-state index is 12.1. The Morgan fingerprint density at radius 3 is 2.69 bits per heavy atom. The number of carbonyl (C=O) groups is 2. The first kappa shape index (κ1) is 18.7. The third kappa shape index (κ3) is 5.19. The predicted molar refractivity (Wildman–Crippen MR) is 96.8 cm³/mol. The van der Waals surface area contributed by atoms with Crippen molar-refractivity contribution in [1.29, 1.82) is 0 Å². The molecular formula is C19H27N3O4. The Hall–Kier alpha value is -2.12. The molecule has 1 aromatic rings. The van der Waals surface area contributed by atoms with Crippen LogP contribution in [0.2, 0.25) is 0 Å². The molecule has 2 saturated heterocycles. The summed E-state index contributed by atoms with van der Waals surface area (Å²) >= 11 is 0. The first-order valence-electron chi connectivity index (χ1n) is 9.20. The summed E-state index contributed by atoms with van der Waals surface area (Å²) < 4.78 is 10.9. The number of nitrogens with one attached hydrogen (secondary N) is 1. The first-order chi connectivity index (χ1) is 12.6. The molecule has 0 bridgehead atoms. The SMILES string of the molecule is C[C@@H]1CNC(=O)CCN1Cc1ccc(OCC(=O)N2CCOCC2)cc1. The zero-order valence-corrected chi connectivity index (χ0v) is 15.3. The van der Waals surface area contributed by atoms with E-state index in [9.17, 15) is 9.59 Å². The molecule has 0 unspecified atom stereocenters. The fourth-order valence-corrected chi connectivity index (χ4v) is 3.15. The predicted octanol–water partition coefficient (Wildman–Crippen LogP) is 0.635. The standard InChI is InChI=1S/C19H27N3O4/c1-15-12-20-18(23)6-7-22(15)13-16-2-4-17(5-3-16)26-14-19(24)21-8-10-25-11-9-21/h2-5,15H,6-14H2,1H3,(H,20,23)/t15-/m1/s1. The van der Waals surface area contributed by atoms with Gasteiger partial charge in [0.1, 0.15) is 5.75 Å². The van der Waals surface area contributed by atoms with Gasteiger partial charge in [0, 0.05) is 45.2 Å². The van der Waals surface area contributed by atoms with Crippen molar-refractivity contribution in [1.82, 2.24) is 15.1 Å². The quantitative estimate of drug-likeness (QED) is 0.833. The van der Waals surface area contributed by atoms with Crippen molar-refractivity contribution < 1.29 is 19.1 Å². The van der Waals surface area contributed by atoms with Crippen LogP contribution in [-0.2, 0) is 20.9 Å². The third-order valence-corrected chi connectivity index (χ3v) is 4.88. The van der Waals surface area contributed by atoms with Gasteiger partial charge in [-0.05, 0) is 24.6 Å². The van der Waals surface area contributed by atoms with Crippen molar-refractivity contribution >= 4 is 11.8 Å². The van der Waals surface area contributed by atoms with E-state index >= 15 is 0 Å². The van der Waals surface area contributed by atoms with E-state index in [-0.39, 0.29) is 18.4 Å². The lowest BCUT2D eigenvalue weighted by atomic mass is 10.1. The van der Waals surface area contributed by atoms with E-state index in [1.54, 1.807) is 4.90 Å². The van der Waals surface area contributed by atoms with Crippen molar-refractivity contribution in [2.24, 2.45) is 0 Å². The fraction of sp³-hybridized carbons (Fsp3) is 0.579. The van der Waals surface area contributed by atoms with Gasteiger partial charge in [0.2, 0.25) is 5.91 Å². The number of rotatable bonds is 5. The Morgan fingerprint density at radius 1 is 1.23 bits per heavy atom. The van der Waals surface area contributed by atoms with Crippen molar-refractivity contribution in [3.05, 3.63) is 29.8 Å². The average molecular weight is 361 g/mol. The summed E-state index contributed by atoms with van der Waals surface area (Å²) in [6.07, 6.45) is 0.537. The van der Waals surface area contributed by atoms with Gasteiger partial charge in [0.15, 0.2) is 6.61 Å². The number of hydrogen-bond acceptors (Lipinski definition) is 5. The van der Waals surface area contributed by atoms with E-state index < -0.39 is 0 Å². The molecule has 1 aromatic carbocycles. The number of morpholine rings is 1. The Labute approximate surface area is 154 Å².